The zero-order valence-electron chi connectivity index (χ0n) is 15.3. The molecular formula is C21H24Cl2N2O2. The Labute approximate surface area is 170 Å². The Kier molecular flexibility index (Phi) is 7.00. The summed E-state index contributed by atoms with van der Waals surface area (Å²) < 4.78 is 5.16. The molecule has 3 rings (SSSR count). The van der Waals surface area contributed by atoms with Gasteiger partial charge in [-0.05, 0) is 67.2 Å². The van der Waals surface area contributed by atoms with Gasteiger partial charge >= 0.3 is 0 Å². The van der Waals surface area contributed by atoms with Crippen molar-refractivity contribution < 1.29 is 9.53 Å². The lowest BCUT2D eigenvalue weighted by Gasteiger charge is -2.25. The third-order valence-electron chi connectivity index (χ3n) is 4.98. The summed E-state index contributed by atoms with van der Waals surface area (Å²) in [5, 5.41) is 7.70. The van der Waals surface area contributed by atoms with Crippen LogP contribution < -0.4 is 15.4 Å². The van der Waals surface area contributed by atoms with Gasteiger partial charge in [-0.15, -0.1) is 0 Å². The van der Waals surface area contributed by atoms with Crippen LogP contribution in [0.2, 0.25) is 10.0 Å². The number of nitrogens with one attached hydrogen (secondary N) is 2. The molecule has 6 heteroatoms. The highest BCUT2D eigenvalue weighted by Gasteiger charge is 2.26. The summed E-state index contributed by atoms with van der Waals surface area (Å²) in [5.74, 6) is 1.21. The fraction of sp³-hybridized carbons (Fsp3) is 0.381. The second-order valence-electron chi connectivity index (χ2n) is 6.90. The summed E-state index contributed by atoms with van der Waals surface area (Å²) in [6, 6.07) is 13.3. The monoisotopic (exact) mass is 406 g/mol. The average molecular weight is 407 g/mol. The maximum atomic E-state index is 12.6. The van der Waals surface area contributed by atoms with E-state index in [0.29, 0.717) is 22.4 Å². The molecule has 2 aromatic rings. The fourth-order valence-corrected chi connectivity index (χ4v) is 3.78. The van der Waals surface area contributed by atoms with E-state index in [4.69, 9.17) is 27.9 Å². The van der Waals surface area contributed by atoms with Crippen LogP contribution >= 0.6 is 23.2 Å². The Morgan fingerprint density at radius 1 is 1.19 bits per heavy atom. The third-order valence-corrected chi connectivity index (χ3v) is 5.72. The maximum Gasteiger partial charge on any atom is 0.224 e. The van der Waals surface area contributed by atoms with E-state index < -0.39 is 0 Å². The van der Waals surface area contributed by atoms with Gasteiger partial charge in [-0.1, -0.05) is 41.4 Å². The molecule has 0 saturated carbocycles. The highest BCUT2D eigenvalue weighted by atomic mass is 35.5. The van der Waals surface area contributed by atoms with Crippen LogP contribution in [0.1, 0.15) is 17.5 Å². The fourth-order valence-electron chi connectivity index (χ4n) is 3.46. The molecule has 2 aromatic carbocycles. The van der Waals surface area contributed by atoms with Crippen molar-refractivity contribution in [2.24, 2.45) is 5.92 Å². The Bertz CT molecular complexity index is 774. The molecule has 1 saturated heterocycles. The normalized spacial score (nSPS) is 17.5. The minimum Gasteiger partial charge on any atom is -0.497 e. The maximum absolute atomic E-state index is 12.6. The molecule has 0 aromatic heterocycles. The molecule has 27 heavy (non-hydrogen) atoms. The highest BCUT2D eigenvalue weighted by molar-refractivity contribution is 6.42. The van der Waals surface area contributed by atoms with E-state index in [2.05, 4.69) is 10.6 Å². The number of methoxy groups -OCH3 is 1. The van der Waals surface area contributed by atoms with Gasteiger partial charge in [0.05, 0.1) is 23.6 Å². The van der Waals surface area contributed by atoms with E-state index in [1.54, 1.807) is 7.11 Å². The molecule has 4 nitrogen and oxygen atoms in total. The number of carbonyl (C=O) groups excluding carboxylic acids is 1. The van der Waals surface area contributed by atoms with Crippen molar-refractivity contribution in [3.8, 4) is 5.75 Å². The second kappa shape index (κ2) is 9.45. The number of hydrogen-bond acceptors (Lipinski definition) is 3. The number of amides is 1. The molecule has 0 radical (unpaired) electrons. The molecule has 1 amide bonds. The number of benzene rings is 2. The molecule has 1 heterocycles. The van der Waals surface area contributed by atoms with Crippen molar-refractivity contribution >= 4 is 29.1 Å². The van der Waals surface area contributed by atoms with E-state index in [1.165, 1.54) is 0 Å². The van der Waals surface area contributed by atoms with E-state index in [0.717, 1.165) is 42.8 Å². The van der Waals surface area contributed by atoms with Crippen LogP contribution in [-0.2, 0) is 17.6 Å². The van der Waals surface area contributed by atoms with E-state index >= 15 is 0 Å². The first-order valence-electron chi connectivity index (χ1n) is 9.12. The second-order valence-corrected chi connectivity index (χ2v) is 7.72. The first-order chi connectivity index (χ1) is 13.0. The Morgan fingerprint density at radius 3 is 2.56 bits per heavy atom. The zero-order chi connectivity index (χ0) is 19.2. The number of carbonyl (C=O) groups is 1. The molecule has 144 valence electrons. The van der Waals surface area contributed by atoms with Gasteiger partial charge in [0.1, 0.15) is 5.75 Å². The van der Waals surface area contributed by atoms with E-state index in [-0.39, 0.29) is 11.9 Å². The van der Waals surface area contributed by atoms with Crippen LogP contribution in [0, 0.1) is 5.92 Å². The predicted octanol–water partition coefficient (Wildman–Crippen LogP) is 3.88. The van der Waals surface area contributed by atoms with Crippen molar-refractivity contribution in [3.63, 3.8) is 0 Å². The highest BCUT2D eigenvalue weighted by Crippen LogP contribution is 2.25. The molecule has 1 aliphatic rings. The van der Waals surface area contributed by atoms with Gasteiger partial charge in [-0.3, -0.25) is 4.79 Å². The van der Waals surface area contributed by atoms with E-state index in [1.807, 2.05) is 42.5 Å². The largest absolute Gasteiger partial charge is 0.497 e. The van der Waals surface area contributed by atoms with Gasteiger partial charge in [-0.25, -0.2) is 0 Å². The lowest BCUT2D eigenvalue weighted by molar-refractivity contribution is -0.121. The molecule has 2 N–H and O–H groups in total. The first kappa shape index (κ1) is 20.0. The topological polar surface area (TPSA) is 50.4 Å². The predicted molar refractivity (Wildman–Crippen MR) is 110 cm³/mol. The average Bonchev–Trinajstić information content (AvgIpc) is 3.19. The molecule has 0 spiro atoms. The molecule has 2 atom stereocenters. The molecule has 1 aliphatic heterocycles. The smallest absolute Gasteiger partial charge is 0.224 e. The lowest BCUT2D eigenvalue weighted by atomic mass is 9.92. The van der Waals surface area contributed by atoms with Crippen LogP contribution in [-0.4, -0.2) is 32.1 Å². The van der Waals surface area contributed by atoms with Crippen LogP contribution in [0.4, 0.5) is 0 Å². The number of ether oxygens (including phenoxy) is 1. The zero-order valence-corrected chi connectivity index (χ0v) is 16.8. The summed E-state index contributed by atoms with van der Waals surface area (Å²) in [4.78, 5) is 12.6. The summed E-state index contributed by atoms with van der Waals surface area (Å²) in [5.41, 5.74) is 2.04. The van der Waals surface area contributed by atoms with E-state index in [9.17, 15) is 4.79 Å². The van der Waals surface area contributed by atoms with Gasteiger partial charge < -0.3 is 15.4 Å². The van der Waals surface area contributed by atoms with Crippen LogP contribution in [0.3, 0.4) is 0 Å². The summed E-state index contributed by atoms with van der Waals surface area (Å²) in [7, 11) is 1.63. The van der Waals surface area contributed by atoms with Gasteiger partial charge in [0, 0.05) is 6.04 Å². The molecule has 2 unspecified atom stereocenters. The van der Waals surface area contributed by atoms with Gasteiger partial charge in [0.25, 0.3) is 0 Å². The number of rotatable bonds is 7. The summed E-state index contributed by atoms with van der Waals surface area (Å²) in [6.45, 7) is 1.89. The minimum absolute atomic E-state index is 0.0251. The van der Waals surface area contributed by atoms with Crippen LogP contribution in [0.5, 0.6) is 5.75 Å². The van der Waals surface area contributed by atoms with Crippen molar-refractivity contribution in [2.45, 2.75) is 25.3 Å². The third kappa shape index (κ3) is 5.61. The quantitative estimate of drug-likeness (QED) is 0.733. The standard InChI is InChI=1S/C21H24Cl2N2O2/c1-27-17-5-2-14(3-6-17)12-21(26)25-20(16-8-9-24-13-16)11-15-4-7-18(22)19(23)10-15/h2-7,10,16,20,24H,8-9,11-13H2,1H3,(H,25,26). The molecule has 0 aliphatic carbocycles. The molecular weight excluding hydrogens is 383 g/mol. The van der Waals surface area contributed by atoms with Crippen molar-refractivity contribution in [1.82, 2.24) is 10.6 Å². The first-order valence-corrected chi connectivity index (χ1v) is 9.87. The van der Waals surface area contributed by atoms with Crippen LogP contribution in [0.25, 0.3) is 0 Å². The minimum atomic E-state index is 0.0251. The van der Waals surface area contributed by atoms with Gasteiger partial charge in [0.2, 0.25) is 5.91 Å². The van der Waals surface area contributed by atoms with Crippen molar-refractivity contribution in [2.75, 3.05) is 20.2 Å². The Balaban J connectivity index is 1.66. The summed E-state index contributed by atoms with van der Waals surface area (Å²) in [6.07, 6.45) is 2.13. The number of halogens is 2. The van der Waals surface area contributed by atoms with Crippen LogP contribution in [0.15, 0.2) is 42.5 Å². The lowest BCUT2D eigenvalue weighted by Crippen LogP contribution is -2.43. The van der Waals surface area contributed by atoms with Crippen molar-refractivity contribution in [1.29, 1.82) is 0 Å². The summed E-state index contributed by atoms with van der Waals surface area (Å²) >= 11 is 12.2. The van der Waals surface area contributed by atoms with Gasteiger partial charge in [-0.2, -0.15) is 0 Å². The SMILES string of the molecule is COc1ccc(CC(=O)NC(Cc2ccc(Cl)c(Cl)c2)C2CCNC2)cc1. The Morgan fingerprint density at radius 2 is 1.93 bits per heavy atom. The van der Waals surface area contributed by atoms with Crippen molar-refractivity contribution in [3.05, 3.63) is 63.6 Å². The molecule has 0 bridgehead atoms. The van der Waals surface area contributed by atoms with Gasteiger partial charge in [0.15, 0.2) is 0 Å². The Hall–Kier alpha value is -1.75. The molecule has 1 fully saturated rings. The number of hydrogen-bond donors (Lipinski definition) is 2.